The van der Waals surface area contributed by atoms with Crippen molar-refractivity contribution >= 4 is 17.6 Å². The number of anilines is 1. The van der Waals surface area contributed by atoms with Crippen LogP contribution >= 0.6 is 0 Å². The molecule has 2 rings (SSSR count). The van der Waals surface area contributed by atoms with Gasteiger partial charge in [0.05, 0.1) is 0 Å². The first-order chi connectivity index (χ1) is 10.1. The third-order valence-electron chi connectivity index (χ3n) is 3.75. The first-order valence-electron chi connectivity index (χ1n) is 7.47. The summed E-state index contributed by atoms with van der Waals surface area (Å²) in [6.07, 6.45) is 3.42. The highest BCUT2D eigenvalue weighted by atomic mass is 16.4. The molecule has 114 valence electrons. The fourth-order valence-corrected chi connectivity index (χ4v) is 2.58. The first kappa shape index (κ1) is 15.5. The number of carbonyl (C=O) groups excluding carboxylic acids is 1. The second-order valence-electron chi connectivity index (χ2n) is 5.40. The molecule has 0 saturated carbocycles. The molecule has 0 spiro atoms. The second-order valence-corrected chi connectivity index (χ2v) is 5.40. The van der Waals surface area contributed by atoms with Crippen molar-refractivity contribution < 1.29 is 14.7 Å². The highest BCUT2D eigenvalue weighted by Crippen LogP contribution is 2.17. The van der Waals surface area contributed by atoms with E-state index in [2.05, 4.69) is 10.2 Å². The molecule has 0 atom stereocenters. The molecule has 0 aromatic heterocycles. The van der Waals surface area contributed by atoms with Gasteiger partial charge in [0.2, 0.25) is 5.91 Å². The van der Waals surface area contributed by atoms with Gasteiger partial charge in [0.15, 0.2) is 0 Å². The van der Waals surface area contributed by atoms with Gasteiger partial charge in [-0.1, -0.05) is 18.2 Å². The molecule has 1 fully saturated rings. The van der Waals surface area contributed by atoms with Gasteiger partial charge in [-0.2, -0.15) is 0 Å². The molecule has 0 radical (unpaired) electrons. The molecule has 1 aromatic rings. The highest BCUT2D eigenvalue weighted by molar-refractivity contribution is 5.91. The normalized spacial score (nSPS) is 15.0. The van der Waals surface area contributed by atoms with Gasteiger partial charge in [-0.05, 0) is 44.0 Å². The molecule has 0 aliphatic carbocycles. The van der Waals surface area contributed by atoms with Crippen molar-refractivity contribution in [2.24, 2.45) is 0 Å². The summed E-state index contributed by atoms with van der Waals surface area (Å²) in [6.45, 7) is 2.97. The van der Waals surface area contributed by atoms with E-state index in [1.54, 1.807) is 0 Å². The highest BCUT2D eigenvalue weighted by Gasteiger charge is 2.13. The van der Waals surface area contributed by atoms with Crippen molar-refractivity contribution in [2.45, 2.75) is 32.1 Å². The number of aryl methyl sites for hydroxylation is 1. The Balaban J connectivity index is 1.85. The van der Waals surface area contributed by atoms with Crippen molar-refractivity contribution in [1.29, 1.82) is 0 Å². The van der Waals surface area contributed by atoms with E-state index in [1.165, 1.54) is 12.8 Å². The van der Waals surface area contributed by atoms with Crippen LogP contribution in [0.25, 0.3) is 0 Å². The summed E-state index contributed by atoms with van der Waals surface area (Å²) in [5.41, 5.74) is 1.60. The number of carbonyl (C=O) groups is 2. The number of para-hydroxylation sites is 1. The standard InChI is InChI=1S/C16H22N2O3/c19-15(9-12-18-10-3-4-11-18)17-14-6-2-1-5-13(14)7-8-16(20)21/h1-2,5-6H,3-4,7-12H2,(H,17,19)(H,20,21). The third kappa shape index (κ3) is 5.19. The van der Waals surface area contributed by atoms with Gasteiger partial charge < -0.3 is 15.3 Å². The molecule has 0 unspecified atom stereocenters. The molecule has 1 heterocycles. The van der Waals surface area contributed by atoms with E-state index >= 15 is 0 Å². The number of aliphatic carboxylic acids is 1. The van der Waals surface area contributed by atoms with Crippen molar-refractivity contribution in [3.63, 3.8) is 0 Å². The van der Waals surface area contributed by atoms with Gasteiger partial charge in [0.25, 0.3) is 0 Å². The number of benzene rings is 1. The van der Waals surface area contributed by atoms with E-state index in [0.29, 0.717) is 12.8 Å². The molecule has 1 aliphatic heterocycles. The fourth-order valence-electron chi connectivity index (χ4n) is 2.58. The Hall–Kier alpha value is -1.88. The van der Waals surface area contributed by atoms with Crippen molar-refractivity contribution in [2.75, 3.05) is 25.0 Å². The number of carboxylic acids is 1. The molecule has 5 heteroatoms. The number of rotatable bonds is 7. The molecule has 0 bridgehead atoms. The minimum Gasteiger partial charge on any atom is -0.481 e. The van der Waals surface area contributed by atoms with Crippen LogP contribution in [0, 0.1) is 0 Å². The van der Waals surface area contributed by atoms with Crippen molar-refractivity contribution in [1.82, 2.24) is 4.90 Å². The van der Waals surface area contributed by atoms with E-state index in [0.717, 1.165) is 30.9 Å². The van der Waals surface area contributed by atoms with Gasteiger partial charge in [-0.3, -0.25) is 9.59 Å². The maximum atomic E-state index is 12.0. The van der Waals surface area contributed by atoms with Gasteiger partial charge in [-0.25, -0.2) is 0 Å². The monoisotopic (exact) mass is 290 g/mol. The van der Waals surface area contributed by atoms with Crippen LogP contribution in [0.15, 0.2) is 24.3 Å². The lowest BCUT2D eigenvalue weighted by Crippen LogP contribution is -2.25. The van der Waals surface area contributed by atoms with Crippen LogP contribution in [0.4, 0.5) is 5.69 Å². The van der Waals surface area contributed by atoms with Crippen LogP contribution < -0.4 is 5.32 Å². The maximum Gasteiger partial charge on any atom is 0.303 e. The van der Waals surface area contributed by atoms with Gasteiger partial charge in [-0.15, -0.1) is 0 Å². The van der Waals surface area contributed by atoms with E-state index in [4.69, 9.17) is 5.11 Å². The average Bonchev–Trinajstić information content (AvgIpc) is 2.97. The van der Waals surface area contributed by atoms with Crippen LogP contribution in [-0.2, 0) is 16.0 Å². The number of likely N-dealkylation sites (tertiary alicyclic amines) is 1. The smallest absolute Gasteiger partial charge is 0.303 e. The molecular formula is C16H22N2O3. The third-order valence-corrected chi connectivity index (χ3v) is 3.75. The lowest BCUT2D eigenvalue weighted by atomic mass is 10.1. The zero-order chi connectivity index (χ0) is 15.1. The van der Waals surface area contributed by atoms with E-state index < -0.39 is 5.97 Å². The summed E-state index contributed by atoms with van der Waals surface area (Å²) in [5, 5.41) is 11.7. The Kier molecular flexibility index (Phi) is 5.75. The fraction of sp³-hybridized carbons (Fsp3) is 0.500. The van der Waals surface area contributed by atoms with Crippen LogP contribution in [0.3, 0.4) is 0 Å². The van der Waals surface area contributed by atoms with Crippen LogP contribution in [0.2, 0.25) is 0 Å². The second kappa shape index (κ2) is 7.78. The minimum absolute atomic E-state index is 0.00956. The Labute approximate surface area is 125 Å². The number of hydrogen-bond donors (Lipinski definition) is 2. The van der Waals surface area contributed by atoms with Gasteiger partial charge in [0.1, 0.15) is 0 Å². The molecule has 1 saturated heterocycles. The number of amides is 1. The Bertz CT molecular complexity index is 496. The molecule has 1 aromatic carbocycles. The number of nitrogens with zero attached hydrogens (tertiary/aromatic N) is 1. The Morgan fingerprint density at radius 1 is 1.14 bits per heavy atom. The summed E-state index contributed by atoms with van der Waals surface area (Å²) in [7, 11) is 0. The Morgan fingerprint density at radius 2 is 1.86 bits per heavy atom. The quantitative estimate of drug-likeness (QED) is 0.807. The van der Waals surface area contributed by atoms with Crippen LogP contribution in [0.1, 0.15) is 31.2 Å². The summed E-state index contributed by atoms with van der Waals surface area (Å²) < 4.78 is 0. The number of nitrogens with one attached hydrogen (secondary N) is 1. The van der Waals surface area contributed by atoms with Gasteiger partial charge in [0, 0.05) is 25.1 Å². The van der Waals surface area contributed by atoms with Crippen LogP contribution in [0.5, 0.6) is 0 Å². The largest absolute Gasteiger partial charge is 0.481 e. The minimum atomic E-state index is -0.829. The van der Waals surface area contributed by atoms with E-state index in [-0.39, 0.29) is 12.3 Å². The number of hydrogen-bond acceptors (Lipinski definition) is 3. The molecular weight excluding hydrogens is 268 g/mol. The summed E-state index contributed by atoms with van der Waals surface area (Å²) in [6, 6.07) is 7.39. The predicted molar refractivity (Wildman–Crippen MR) is 81.3 cm³/mol. The molecule has 1 amide bonds. The SMILES string of the molecule is O=C(O)CCc1ccccc1NC(=O)CCN1CCCC1. The molecule has 2 N–H and O–H groups in total. The summed E-state index contributed by atoms with van der Waals surface area (Å²) in [4.78, 5) is 25.0. The van der Waals surface area contributed by atoms with Crippen molar-refractivity contribution in [3.05, 3.63) is 29.8 Å². The van der Waals surface area contributed by atoms with Gasteiger partial charge >= 0.3 is 5.97 Å². The zero-order valence-corrected chi connectivity index (χ0v) is 12.2. The Morgan fingerprint density at radius 3 is 2.57 bits per heavy atom. The molecule has 5 nitrogen and oxygen atoms in total. The van der Waals surface area contributed by atoms with E-state index in [9.17, 15) is 9.59 Å². The predicted octanol–water partition coefficient (Wildman–Crippen LogP) is 2.13. The summed E-state index contributed by atoms with van der Waals surface area (Å²) in [5.74, 6) is -0.838. The molecule has 1 aliphatic rings. The van der Waals surface area contributed by atoms with E-state index in [1.807, 2.05) is 24.3 Å². The zero-order valence-electron chi connectivity index (χ0n) is 12.2. The average molecular weight is 290 g/mol. The molecule has 21 heavy (non-hydrogen) atoms. The topological polar surface area (TPSA) is 69.6 Å². The number of carboxylic acid groups (broad SMARTS) is 1. The summed E-state index contributed by atoms with van der Waals surface area (Å²) >= 11 is 0. The first-order valence-corrected chi connectivity index (χ1v) is 7.47. The lowest BCUT2D eigenvalue weighted by Gasteiger charge is -2.15. The lowest BCUT2D eigenvalue weighted by molar-refractivity contribution is -0.136. The van der Waals surface area contributed by atoms with Crippen LogP contribution in [-0.4, -0.2) is 41.5 Å². The maximum absolute atomic E-state index is 12.0. The van der Waals surface area contributed by atoms with Crippen molar-refractivity contribution in [3.8, 4) is 0 Å².